The highest BCUT2D eigenvalue weighted by atomic mass is 32.2. The van der Waals surface area contributed by atoms with Crippen molar-refractivity contribution < 1.29 is 13.6 Å². The molecule has 8 heteroatoms. The summed E-state index contributed by atoms with van der Waals surface area (Å²) in [6.45, 7) is 7.40. The molecule has 0 fully saturated rings. The Labute approximate surface area is 103 Å². The Morgan fingerprint density at radius 2 is 2.06 bits per heavy atom. The van der Waals surface area contributed by atoms with Gasteiger partial charge in [0.1, 0.15) is 0 Å². The summed E-state index contributed by atoms with van der Waals surface area (Å²) in [7, 11) is -3.67. The molecule has 0 heterocycles. The molecule has 0 aliphatic carbocycles. The van der Waals surface area contributed by atoms with E-state index in [4.69, 9.17) is 10.9 Å². The number of oxime groups is 1. The number of nitrogens with one attached hydrogen (secondary N) is 2. The zero-order chi connectivity index (χ0) is 13.7. The zero-order valence-electron chi connectivity index (χ0n) is 10.7. The molecule has 0 saturated heterocycles. The summed E-state index contributed by atoms with van der Waals surface area (Å²) >= 11 is 0. The van der Waals surface area contributed by atoms with Crippen LogP contribution in [0.15, 0.2) is 5.16 Å². The van der Waals surface area contributed by atoms with Crippen LogP contribution in [0.25, 0.3) is 0 Å². The van der Waals surface area contributed by atoms with Crippen molar-refractivity contribution >= 4 is 16.0 Å². The molecule has 5 N–H and O–H groups in total. The molecule has 0 aromatic carbocycles. The van der Waals surface area contributed by atoms with Crippen LogP contribution < -0.4 is 15.2 Å². The average Bonchev–Trinajstić information content (AvgIpc) is 2.24. The van der Waals surface area contributed by atoms with E-state index < -0.39 is 15.7 Å². The first kappa shape index (κ1) is 16.1. The highest BCUT2D eigenvalue weighted by Crippen LogP contribution is 2.10. The van der Waals surface area contributed by atoms with Crippen molar-refractivity contribution in [1.29, 1.82) is 0 Å². The molecule has 0 bridgehead atoms. The minimum Gasteiger partial charge on any atom is -0.409 e. The molecule has 0 amide bonds. The van der Waals surface area contributed by atoms with Crippen molar-refractivity contribution in [2.75, 3.05) is 6.54 Å². The summed E-state index contributed by atoms with van der Waals surface area (Å²) in [6.07, 6.45) is 0.367. The number of rotatable bonds is 7. The molecule has 0 spiro atoms. The summed E-state index contributed by atoms with van der Waals surface area (Å²) < 4.78 is 28.2. The summed E-state index contributed by atoms with van der Waals surface area (Å²) in [5.41, 5.74) is 4.37. The van der Waals surface area contributed by atoms with Gasteiger partial charge < -0.3 is 10.9 Å². The third kappa shape index (κ3) is 5.33. The van der Waals surface area contributed by atoms with Gasteiger partial charge in [-0.15, -0.1) is 0 Å². The van der Waals surface area contributed by atoms with Crippen molar-refractivity contribution in [1.82, 2.24) is 9.44 Å². The Morgan fingerprint density at radius 3 is 2.41 bits per heavy atom. The van der Waals surface area contributed by atoms with Crippen molar-refractivity contribution in [3.05, 3.63) is 0 Å². The lowest BCUT2D eigenvalue weighted by Gasteiger charge is -2.27. The van der Waals surface area contributed by atoms with Gasteiger partial charge in [-0.1, -0.05) is 25.9 Å². The van der Waals surface area contributed by atoms with Crippen LogP contribution in [0.2, 0.25) is 0 Å². The van der Waals surface area contributed by atoms with Crippen LogP contribution >= 0.6 is 0 Å². The average molecular weight is 266 g/mol. The summed E-state index contributed by atoms with van der Waals surface area (Å²) in [5, 5.41) is 11.5. The smallest absolute Gasteiger partial charge is 0.277 e. The van der Waals surface area contributed by atoms with E-state index in [1.807, 2.05) is 13.8 Å². The summed E-state index contributed by atoms with van der Waals surface area (Å²) in [4.78, 5) is 0. The fourth-order valence-corrected chi connectivity index (χ4v) is 2.49. The monoisotopic (exact) mass is 266 g/mol. The maximum Gasteiger partial charge on any atom is 0.277 e. The van der Waals surface area contributed by atoms with Gasteiger partial charge in [0.05, 0.1) is 5.54 Å². The zero-order valence-corrected chi connectivity index (χ0v) is 11.5. The lowest BCUT2D eigenvalue weighted by molar-refractivity contribution is 0.310. The molecule has 1 unspecified atom stereocenters. The highest BCUT2D eigenvalue weighted by Gasteiger charge is 2.32. The number of nitrogens with two attached hydrogens (primary N) is 1. The first-order valence-electron chi connectivity index (χ1n) is 5.43. The molecule has 0 aliphatic heterocycles. The third-order valence-electron chi connectivity index (χ3n) is 2.42. The van der Waals surface area contributed by atoms with Gasteiger partial charge in [0.15, 0.2) is 5.84 Å². The second-order valence-electron chi connectivity index (χ2n) is 4.52. The van der Waals surface area contributed by atoms with Gasteiger partial charge in [-0.25, -0.2) is 4.72 Å². The number of hydrogen-bond acceptors (Lipinski definition) is 4. The topological polar surface area (TPSA) is 117 Å². The highest BCUT2D eigenvalue weighted by molar-refractivity contribution is 7.87. The van der Waals surface area contributed by atoms with Gasteiger partial charge in [0.2, 0.25) is 0 Å². The van der Waals surface area contributed by atoms with Gasteiger partial charge in [-0.05, 0) is 19.3 Å². The van der Waals surface area contributed by atoms with Crippen LogP contribution in [0.1, 0.15) is 34.1 Å². The predicted molar refractivity (Wildman–Crippen MR) is 67.0 cm³/mol. The second kappa shape index (κ2) is 6.18. The van der Waals surface area contributed by atoms with E-state index >= 15 is 0 Å². The molecule has 102 valence electrons. The molecule has 17 heavy (non-hydrogen) atoms. The summed E-state index contributed by atoms with van der Waals surface area (Å²) in [6, 6.07) is 0. The molecule has 0 saturated carbocycles. The molecule has 0 radical (unpaired) electrons. The van der Waals surface area contributed by atoms with Crippen LogP contribution in [0.4, 0.5) is 0 Å². The van der Waals surface area contributed by atoms with Crippen molar-refractivity contribution in [2.45, 2.75) is 39.7 Å². The maximum absolute atomic E-state index is 11.7. The SMILES string of the molecule is CCC(C)(NS(=O)(=O)NCC(C)C)C(N)=NO. The van der Waals surface area contributed by atoms with Crippen molar-refractivity contribution in [2.24, 2.45) is 16.8 Å². The Hall–Kier alpha value is -0.860. The van der Waals surface area contributed by atoms with Crippen molar-refractivity contribution in [3.8, 4) is 0 Å². The number of amidine groups is 1. The first-order chi connectivity index (χ1) is 7.67. The molecule has 7 nitrogen and oxygen atoms in total. The lowest BCUT2D eigenvalue weighted by atomic mass is 10.00. The Kier molecular flexibility index (Phi) is 5.86. The van der Waals surface area contributed by atoms with Gasteiger partial charge in [-0.2, -0.15) is 13.1 Å². The fraction of sp³-hybridized carbons (Fsp3) is 0.889. The number of hydrogen-bond donors (Lipinski definition) is 4. The molecular formula is C9H22N4O3S. The predicted octanol–water partition coefficient (Wildman–Crippen LogP) is -0.0185. The van der Waals surface area contributed by atoms with Gasteiger partial charge in [-0.3, -0.25) is 0 Å². The molecule has 0 rings (SSSR count). The molecule has 0 aromatic heterocycles. The minimum absolute atomic E-state index is 0.171. The van der Waals surface area contributed by atoms with Crippen LogP contribution in [0.3, 0.4) is 0 Å². The van der Waals surface area contributed by atoms with E-state index in [0.29, 0.717) is 13.0 Å². The Morgan fingerprint density at radius 1 is 1.53 bits per heavy atom. The van der Waals surface area contributed by atoms with Gasteiger partial charge in [0.25, 0.3) is 10.2 Å². The standard InChI is InChI=1S/C9H22N4O3S/c1-5-9(4,8(10)12-14)13-17(15,16)11-6-7(2)3/h7,11,13-14H,5-6H2,1-4H3,(H2,10,12). The largest absolute Gasteiger partial charge is 0.409 e. The van der Waals surface area contributed by atoms with Crippen LogP contribution in [0.5, 0.6) is 0 Å². The number of nitrogens with zero attached hydrogens (tertiary/aromatic N) is 1. The molecule has 1 atom stereocenters. The fourth-order valence-electron chi connectivity index (χ4n) is 1.02. The minimum atomic E-state index is -3.67. The molecule has 0 aliphatic rings. The second-order valence-corrected chi connectivity index (χ2v) is 6.02. The van der Waals surface area contributed by atoms with E-state index in [9.17, 15) is 8.42 Å². The van der Waals surface area contributed by atoms with Crippen LogP contribution in [0, 0.1) is 5.92 Å². The Bertz CT molecular complexity index is 366. The van der Waals surface area contributed by atoms with E-state index in [2.05, 4.69) is 14.6 Å². The quantitative estimate of drug-likeness (QED) is 0.224. The van der Waals surface area contributed by atoms with Gasteiger partial charge in [0, 0.05) is 6.54 Å². The third-order valence-corrected chi connectivity index (χ3v) is 3.69. The summed E-state index contributed by atoms with van der Waals surface area (Å²) in [5.74, 6) is 0.0261. The van der Waals surface area contributed by atoms with Gasteiger partial charge >= 0.3 is 0 Å². The molecule has 0 aromatic rings. The van der Waals surface area contributed by atoms with E-state index in [0.717, 1.165) is 0 Å². The Balaban J connectivity index is 4.79. The normalized spacial score (nSPS) is 17.1. The first-order valence-corrected chi connectivity index (χ1v) is 6.91. The molecular weight excluding hydrogens is 244 g/mol. The van der Waals surface area contributed by atoms with E-state index in [1.54, 1.807) is 13.8 Å². The van der Waals surface area contributed by atoms with Crippen LogP contribution in [-0.2, 0) is 10.2 Å². The van der Waals surface area contributed by atoms with E-state index in [1.165, 1.54) is 0 Å². The van der Waals surface area contributed by atoms with Crippen molar-refractivity contribution in [3.63, 3.8) is 0 Å². The maximum atomic E-state index is 11.7. The van der Waals surface area contributed by atoms with Crippen LogP contribution in [-0.4, -0.2) is 31.5 Å². The van der Waals surface area contributed by atoms with E-state index in [-0.39, 0.29) is 11.8 Å². The lowest BCUT2D eigenvalue weighted by Crippen LogP contribution is -2.57.